The van der Waals surface area contributed by atoms with Crippen LogP contribution in [0.2, 0.25) is 0 Å². The Morgan fingerprint density at radius 3 is 2.39 bits per heavy atom. The van der Waals surface area contributed by atoms with Crippen LogP contribution in [0.5, 0.6) is 0 Å². The van der Waals surface area contributed by atoms with Crippen molar-refractivity contribution in [2.45, 2.75) is 38.8 Å². The molecular weight excluding hydrogens is 294 g/mol. The van der Waals surface area contributed by atoms with Gasteiger partial charge in [0.15, 0.2) is 0 Å². The van der Waals surface area contributed by atoms with Gasteiger partial charge in [-0.25, -0.2) is 8.78 Å². The monoisotopic (exact) mass is 318 g/mol. The zero-order valence-corrected chi connectivity index (χ0v) is 13.5. The minimum absolute atomic E-state index is 0.120. The lowest BCUT2D eigenvalue weighted by molar-refractivity contribution is 0.548. The number of hydrogen-bond donors (Lipinski definition) is 2. The number of rotatable bonds is 8. The van der Waals surface area contributed by atoms with Crippen LogP contribution in [-0.4, -0.2) is 12.6 Å². The van der Waals surface area contributed by atoms with Gasteiger partial charge in [0.1, 0.15) is 11.6 Å². The summed E-state index contributed by atoms with van der Waals surface area (Å²) in [6.07, 6.45) is 2.26. The van der Waals surface area contributed by atoms with E-state index in [1.807, 2.05) is 0 Å². The maximum absolute atomic E-state index is 13.1. The lowest BCUT2D eigenvalue weighted by Gasteiger charge is -2.13. The molecule has 0 aliphatic carbocycles. The number of aryl methyl sites for hydroxylation is 1. The van der Waals surface area contributed by atoms with Gasteiger partial charge in [0.2, 0.25) is 0 Å². The van der Waals surface area contributed by atoms with Crippen molar-refractivity contribution in [3.05, 3.63) is 70.8 Å². The van der Waals surface area contributed by atoms with Gasteiger partial charge in [0.25, 0.3) is 0 Å². The predicted octanol–water partition coefficient (Wildman–Crippen LogP) is 3.58. The summed E-state index contributed by atoms with van der Waals surface area (Å²) in [7, 11) is 0. The molecule has 2 aromatic carbocycles. The maximum atomic E-state index is 13.1. The van der Waals surface area contributed by atoms with Crippen LogP contribution in [-0.2, 0) is 19.4 Å². The van der Waals surface area contributed by atoms with E-state index in [4.69, 9.17) is 5.73 Å². The first kappa shape index (κ1) is 17.6. The topological polar surface area (TPSA) is 38.0 Å². The Morgan fingerprint density at radius 2 is 1.70 bits per heavy atom. The van der Waals surface area contributed by atoms with Gasteiger partial charge >= 0.3 is 0 Å². The lowest BCUT2D eigenvalue weighted by Crippen LogP contribution is -2.28. The summed E-state index contributed by atoms with van der Waals surface area (Å²) < 4.78 is 26.3. The quantitative estimate of drug-likeness (QED) is 0.730. The molecule has 124 valence electrons. The number of nitrogens with two attached hydrogens (primary N) is 1. The van der Waals surface area contributed by atoms with Gasteiger partial charge in [-0.1, -0.05) is 31.2 Å². The third-order valence-electron chi connectivity index (χ3n) is 3.84. The molecule has 0 fully saturated rings. The second-order valence-corrected chi connectivity index (χ2v) is 5.88. The molecule has 4 heteroatoms. The van der Waals surface area contributed by atoms with E-state index in [0.717, 1.165) is 32.0 Å². The summed E-state index contributed by atoms with van der Waals surface area (Å²) >= 11 is 0. The van der Waals surface area contributed by atoms with Crippen molar-refractivity contribution in [1.82, 2.24) is 5.32 Å². The van der Waals surface area contributed by atoms with Gasteiger partial charge in [-0.3, -0.25) is 0 Å². The summed E-state index contributed by atoms with van der Waals surface area (Å²) in [6, 6.07) is 11.9. The average Bonchev–Trinajstić information content (AvgIpc) is 2.51. The molecule has 2 aromatic rings. The summed E-state index contributed by atoms with van der Waals surface area (Å²) in [4.78, 5) is 0. The van der Waals surface area contributed by atoms with Gasteiger partial charge in [0, 0.05) is 18.7 Å². The highest BCUT2D eigenvalue weighted by atomic mass is 19.1. The Kier molecular flexibility index (Phi) is 6.68. The highest BCUT2D eigenvalue weighted by molar-refractivity contribution is 5.23. The molecule has 3 N–H and O–H groups in total. The molecule has 0 saturated carbocycles. The van der Waals surface area contributed by atoms with Crippen molar-refractivity contribution in [3.63, 3.8) is 0 Å². The second-order valence-electron chi connectivity index (χ2n) is 5.88. The highest BCUT2D eigenvalue weighted by Crippen LogP contribution is 2.10. The normalized spacial score (nSPS) is 12.3. The summed E-state index contributed by atoms with van der Waals surface area (Å²) in [5, 5.41) is 3.36. The van der Waals surface area contributed by atoms with Crippen LogP contribution in [0.1, 0.15) is 30.0 Å². The van der Waals surface area contributed by atoms with Crippen molar-refractivity contribution >= 4 is 0 Å². The standard InChI is InChI=1S/C19H24F2N2/c1-2-14-4-3-5-15(8-14)13-23-7-6-19(22)11-16-9-17(20)12-18(21)10-16/h3-5,8-10,12,19,23H,2,6-7,11,13,22H2,1H3/t19-/m1/s1. The molecule has 0 spiro atoms. The van der Waals surface area contributed by atoms with E-state index in [-0.39, 0.29) is 6.04 Å². The van der Waals surface area contributed by atoms with E-state index in [1.54, 1.807) is 0 Å². The molecule has 2 nitrogen and oxygen atoms in total. The van der Waals surface area contributed by atoms with Gasteiger partial charge in [-0.15, -0.1) is 0 Å². The van der Waals surface area contributed by atoms with Crippen molar-refractivity contribution in [2.24, 2.45) is 5.73 Å². The Hall–Kier alpha value is -1.78. The van der Waals surface area contributed by atoms with E-state index in [2.05, 4.69) is 36.5 Å². The second kappa shape index (κ2) is 8.75. The molecule has 2 rings (SSSR count). The molecule has 0 radical (unpaired) electrons. The van der Waals surface area contributed by atoms with E-state index < -0.39 is 11.6 Å². The average molecular weight is 318 g/mol. The summed E-state index contributed by atoms with van der Waals surface area (Å²) in [5.41, 5.74) is 9.23. The Labute approximate surface area is 136 Å². The van der Waals surface area contributed by atoms with Crippen molar-refractivity contribution < 1.29 is 8.78 Å². The Bertz CT molecular complexity index is 608. The molecule has 0 aromatic heterocycles. The smallest absolute Gasteiger partial charge is 0.126 e. The zero-order chi connectivity index (χ0) is 16.7. The first-order valence-electron chi connectivity index (χ1n) is 8.06. The number of halogens is 2. The molecule has 0 unspecified atom stereocenters. The molecule has 1 atom stereocenters. The van der Waals surface area contributed by atoms with Gasteiger partial charge < -0.3 is 11.1 Å². The highest BCUT2D eigenvalue weighted by Gasteiger charge is 2.07. The van der Waals surface area contributed by atoms with Crippen molar-refractivity contribution in [1.29, 1.82) is 0 Å². The van der Waals surface area contributed by atoms with Crippen LogP contribution in [0.25, 0.3) is 0 Å². The van der Waals surface area contributed by atoms with E-state index in [9.17, 15) is 8.78 Å². The molecule has 23 heavy (non-hydrogen) atoms. The van der Waals surface area contributed by atoms with E-state index >= 15 is 0 Å². The largest absolute Gasteiger partial charge is 0.327 e. The molecule has 0 bridgehead atoms. The van der Waals surface area contributed by atoms with E-state index in [0.29, 0.717) is 12.0 Å². The first-order chi connectivity index (χ1) is 11.1. The summed E-state index contributed by atoms with van der Waals surface area (Å²) in [5.74, 6) is -1.11. The van der Waals surface area contributed by atoms with Crippen LogP contribution >= 0.6 is 0 Å². The fourth-order valence-electron chi connectivity index (χ4n) is 2.61. The van der Waals surface area contributed by atoms with Gasteiger partial charge in [-0.2, -0.15) is 0 Å². The summed E-state index contributed by atoms with van der Waals surface area (Å²) in [6.45, 7) is 3.71. The maximum Gasteiger partial charge on any atom is 0.126 e. The van der Waals surface area contributed by atoms with Gasteiger partial charge in [-0.05, 0) is 54.6 Å². The van der Waals surface area contributed by atoms with Crippen LogP contribution in [0.4, 0.5) is 8.78 Å². The molecule has 0 aliphatic rings. The molecule has 0 aliphatic heterocycles. The first-order valence-corrected chi connectivity index (χ1v) is 8.06. The third kappa shape index (κ3) is 6.08. The fraction of sp³-hybridized carbons (Fsp3) is 0.368. The van der Waals surface area contributed by atoms with Crippen LogP contribution < -0.4 is 11.1 Å². The molecule has 0 saturated heterocycles. The zero-order valence-electron chi connectivity index (χ0n) is 13.5. The van der Waals surface area contributed by atoms with Gasteiger partial charge in [0.05, 0.1) is 0 Å². The van der Waals surface area contributed by atoms with Crippen molar-refractivity contribution in [3.8, 4) is 0 Å². The molecular formula is C19H24F2N2. The van der Waals surface area contributed by atoms with Crippen LogP contribution in [0.15, 0.2) is 42.5 Å². The van der Waals surface area contributed by atoms with Crippen LogP contribution in [0.3, 0.4) is 0 Å². The molecule has 0 amide bonds. The Balaban J connectivity index is 1.73. The lowest BCUT2D eigenvalue weighted by atomic mass is 10.0. The third-order valence-corrected chi connectivity index (χ3v) is 3.84. The number of benzene rings is 2. The fourth-order valence-corrected chi connectivity index (χ4v) is 2.61. The van der Waals surface area contributed by atoms with Crippen molar-refractivity contribution in [2.75, 3.05) is 6.54 Å². The number of nitrogens with one attached hydrogen (secondary N) is 1. The Morgan fingerprint density at radius 1 is 1.00 bits per heavy atom. The van der Waals surface area contributed by atoms with Crippen LogP contribution in [0, 0.1) is 11.6 Å². The minimum Gasteiger partial charge on any atom is -0.327 e. The predicted molar refractivity (Wildman–Crippen MR) is 90.2 cm³/mol. The minimum atomic E-state index is -0.555. The van der Waals surface area contributed by atoms with E-state index in [1.165, 1.54) is 23.3 Å². The molecule has 0 heterocycles. The SMILES string of the molecule is CCc1cccc(CNCC[C@@H](N)Cc2cc(F)cc(F)c2)c1. The number of hydrogen-bond acceptors (Lipinski definition) is 2.